The zero-order valence-corrected chi connectivity index (χ0v) is 21.8. The largest absolute Gasteiger partial charge is 0.468 e. The van der Waals surface area contributed by atoms with Crippen LogP contribution < -0.4 is 4.90 Å². The fourth-order valence-electron chi connectivity index (χ4n) is 3.20. The van der Waals surface area contributed by atoms with Gasteiger partial charge < -0.3 is 14.5 Å². The van der Waals surface area contributed by atoms with Crippen molar-refractivity contribution in [3.8, 4) is 0 Å². The van der Waals surface area contributed by atoms with Crippen LogP contribution in [0.2, 0.25) is 5.02 Å². The summed E-state index contributed by atoms with van der Waals surface area (Å²) in [5.74, 6) is 0. The average molecular weight is 548 g/mol. The van der Waals surface area contributed by atoms with Gasteiger partial charge in [-0.05, 0) is 37.1 Å². The van der Waals surface area contributed by atoms with Crippen molar-refractivity contribution in [1.82, 2.24) is 4.90 Å². The number of nitro groups is 2. The average Bonchev–Trinajstić information content (AvgIpc) is 2.82. The highest BCUT2D eigenvalue weighted by atomic mass is 35.5. The highest BCUT2D eigenvalue weighted by molar-refractivity contribution is 6.30. The Morgan fingerprint density at radius 2 is 1.46 bits per heavy atom. The van der Waals surface area contributed by atoms with Gasteiger partial charge in [0.1, 0.15) is 0 Å². The maximum absolute atomic E-state index is 12.8. The molecule has 0 saturated carbocycles. The standard InChI is InChI=1S/C13H16F3N3O4.C10H13ClN2O/c1-3-5-17(6-4-2)12-10(18(20)21)7-9(13(14,15)16)8-11(12)19(22)23;1-13(2)10(14-3)12-9-6-4-8(11)5-7-9/h7-8H,3-6H2,1-2H3;4-7H,1-3H3/b;12-10+. The second kappa shape index (κ2) is 14.2. The highest BCUT2D eigenvalue weighted by Gasteiger charge is 2.39. The Morgan fingerprint density at radius 3 is 1.78 bits per heavy atom. The fourth-order valence-corrected chi connectivity index (χ4v) is 3.33. The van der Waals surface area contributed by atoms with Crippen molar-refractivity contribution < 1.29 is 27.8 Å². The zero-order valence-electron chi connectivity index (χ0n) is 21.1. The fraction of sp³-hybridized carbons (Fsp3) is 0.435. The molecule has 0 atom stereocenters. The van der Waals surface area contributed by atoms with Crippen LogP contribution in [0.1, 0.15) is 32.3 Å². The van der Waals surface area contributed by atoms with Gasteiger partial charge in [0.25, 0.3) is 17.4 Å². The summed E-state index contributed by atoms with van der Waals surface area (Å²) in [5.41, 5.74) is -2.79. The maximum atomic E-state index is 12.8. The first-order valence-corrected chi connectivity index (χ1v) is 11.5. The molecular formula is C23H29ClF3N5O5. The predicted molar refractivity (Wildman–Crippen MR) is 137 cm³/mol. The molecule has 0 aliphatic carbocycles. The van der Waals surface area contributed by atoms with Gasteiger partial charge in [0.2, 0.25) is 0 Å². The van der Waals surface area contributed by atoms with Gasteiger partial charge in [-0.3, -0.25) is 20.2 Å². The molecule has 0 saturated heterocycles. The molecule has 0 N–H and O–H groups in total. The van der Waals surface area contributed by atoms with E-state index < -0.39 is 33.0 Å². The smallest absolute Gasteiger partial charge is 0.416 e. The number of benzene rings is 2. The first kappa shape index (κ1) is 31.4. The van der Waals surface area contributed by atoms with Gasteiger partial charge >= 0.3 is 6.18 Å². The Balaban J connectivity index is 0.000000417. The molecule has 0 fully saturated rings. The lowest BCUT2D eigenvalue weighted by atomic mass is 10.1. The molecule has 10 nitrogen and oxygen atoms in total. The molecule has 0 aromatic heterocycles. The van der Waals surface area contributed by atoms with Crippen LogP contribution in [0.25, 0.3) is 0 Å². The third kappa shape index (κ3) is 9.41. The Morgan fingerprint density at radius 1 is 1.00 bits per heavy atom. The number of hydrogen-bond acceptors (Lipinski definition) is 7. The number of nitro benzene ring substituents is 2. The highest BCUT2D eigenvalue weighted by Crippen LogP contribution is 2.43. The summed E-state index contributed by atoms with van der Waals surface area (Å²) >= 11 is 5.75. The summed E-state index contributed by atoms with van der Waals surface area (Å²) in [6.07, 6.45) is -3.83. The lowest BCUT2D eigenvalue weighted by molar-refractivity contribution is -0.393. The van der Waals surface area contributed by atoms with Crippen LogP contribution >= 0.6 is 11.6 Å². The van der Waals surface area contributed by atoms with E-state index in [1.165, 1.54) is 4.90 Å². The molecule has 0 heterocycles. The molecule has 0 amide bonds. The number of methoxy groups -OCH3 is 1. The number of amidine groups is 1. The Bertz CT molecular complexity index is 1050. The maximum Gasteiger partial charge on any atom is 0.416 e. The molecule has 204 valence electrons. The second-order valence-corrected chi connectivity index (χ2v) is 8.27. The Labute approximate surface area is 217 Å². The molecule has 0 spiro atoms. The van der Waals surface area contributed by atoms with Crippen molar-refractivity contribution in [1.29, 1.82) is 0 Å². The van der Waals surface area contributed by atoms with Crippen LogP contribution in [0, 0.1) is 20.2 Å². The first-order valence-electron chi connectivity index (χ1n) is 11.1. The molecule has 0 bridgehead atoms. The normalized spacial score (nSPS) is 11.3. The quantitative estimate of drug-likeness (QED) is 0.157. The summed E-state index contributed by atoms with van der Waals surface area (Å²) < 4.78 is 43.6. The molecular weight excluding hydrogens is 519 g/mol. The Hall–Kier alpha value is -3.61. The zero-order chi connectivity index (χ0) is 28.3. The number of alkyl halides is 3. The summed E-state index contributed by atoms with van der Waals surface area (Å²) in [5, 5.41) is 23.1. The number of halogens is 4. The number of anilines is 1. The first-order chi connectivity index (χ1) is 17.3. The van der Waals surface area contributed by atoms with Crippen molar-refractivity contribution in [2.24, 2.45) is 4.99 Å². The van der Waals surface area contributed by atoms with Gasteiger partial charge in [-0.15, -0.1) is 0 Å². The molecule has 2 rings (SSSR count). The minimum atomic E-state index is -4.91. The van der Waals surface area contributed by atoms with E-state index in [0.717, 1.165) is 5.69 Å². The van der Waals surface area contributed by atoms with E-state index >= 15 is 0 Å². The van der Waals surface area contributed by atoms with Crippen LogP contribution in [0.4, 0.5) is 35.9 Å². The van der Waals surface area contributed by atoms with Crippen LogP contribution in [0.5, 0.6) is 0 Å². The summed E-state index contributed by atoms with van der Waals surface area (Å²) in [7, 11) is 5.34. The van der Waals surface area contributed by atoms with Gasteiger partial charge in [-0.25, -0.2) is 0 Å². The monoisotopic (exact) mass is 547 g/mol. The van der Waals surface area contributed by atoms with Gasteiger partial charge in [0.05, 0.1) is 28.2 Å². The molecule has 2 aromatic carbocycles. The third-order valence-electron chi connectivity index (χ3n) is 4.71. The number of hydrogen-bond donors (Lipinski definition) is 0. The van der Waals surface area contributed by atoms with Crippen LogP contribution in [0.15, 0.2) is 41.4 Å². The van der Waals surface area contributed by atoms with E-state index in [2.05, 4.69) is 4.99 Å². The lowest BCUT2D eigenvalue weighted by Crippen LogP contribution is -2.27. The minimum absolute atomic E-state index is 0.265. The molecule has 14 heteroatoms. The second-order valence-electron chi connectivity index (χ2n) is 7.83. The number of rotatable bonds is 8. The van der Waals surface area contributed by atoms with E-state index in [-0.39, 0.29) is 18.8 Å². The molecule has 0 unspecified atom stereocenters. The predicted octanol–water partition coefficient (Wildman–Crippen LogP) is 6.68. The lowest BCUT2D eigenvalue weighted by Gasteiger charge is -2.23. The van der Waals surface area contributed by atoms with Crippen molar-refractivity contribution in [2.75, 3.05) is 39.2 Å². The molecule has 2 aromatic rings. The minimum Gasteiger partial charge on any atom is -0.468 e. The van der Waals surface area contributed by atoms with E-state index in [4.69, 9.17) is 16.3 Å². The van der Waals surface area contributed by atoms with E-state index in [1.807, 2.05) is 26.2 Å². The number of aliphatic imine (C=N–C) groups is 1. The van der Waals surface area contributed by atoms with Gasteiger partial charge in [-0.2, -0.15) is 18.2 Å². The van der Waals surface area contributed by atoms with E-state index in [9.17, 15) is 33.4 Å². The van der Waals surface area contributed by atoms with Gasteiger partial charge in [0, 0.05) is 44.3 Å². The molecule has 37 heavy (non-hydrogen) atoms. The molecule has 0 radical (unpaired) electrons. The molecule has 0 aliphatic rings. The Kier molecular flexibility index (Phi) is 12.1. The van der Waals surface area contributed by atoms with Crippen molar-refractivity contribution >= 4 is 40.4 Å². The van der Waals surface area contributed by atoms with Crippen LogP contribution in [0.3, 0.4) is 0 Å². The van der Waals surface area contributed by atoms with Crippen molar-refractivity contribution in [3.05, 3.63) is 67.2 Å². The third-order valence-corrected chi connectivity index (χ3v) is 4.96. The van der Waals surface area contributed by atoms with Crippen LogP contribution in [-0.4, -0.2) is 55.1 Å². The van der Waals surface area contributed by atoms with E-state index in [1.54, 1.807) is 38.0 Å². The van der Waals surface area contributed by atoms with Crippen LogP contribution in [-0.2, 0) is 10.9 Å². The number of nitrogens with zero attached hydrogens (tertiary/aromatic N) is 5. The van der Waals surface area contributed by atoms with Crippen molar-refractivity contribution in [3.63, 3.8) is 0 Å². The summed E-state index contributed by atoms with van der Waals surface area (Å²) in [6.45, 7) is 4.07. The SMILES string of the molecule is CCCN(CCC)c1c([N+](=O)[O-])cc(C(F)(F)F)cc1[N+](=O)[O-].CO/C(=N/c1ccc(Cl)cc1)N(C)C. The topological polar surface area (TPSA) is 114 Å². The van der Waals surface area contributed by atoms with Gasteiger partial charge in [0.15, 0.2) is 5.69 Å². The van der Waals surface area contributed by atoms with Gasteiger partial charge in [-0.1, -0.05) is 25.4 Å². The summed E-state index contributed by atoms with van der Waals surface area (Å²) in [6, 6.07) is 8.52. The van der Waals surface area contributed by atoms with E-state index in [0.29, 0.717) is 36.0 Å². The molecule has 0 aliphatic heterocycles. The summed E-state index contributed by atoms with van der Waals surface area (Å²) in [4.78, 5) is 27.8. The van der Waals surface area contributed by atoms with Crippen molar-refractivity contribution in [2.45, 2.75) is 32.9 Å². The number of ether oxygens (including phenoxy) is 1.